The lowest BCUT2D eigenvalue weighted by Gasteiger charge is -2.31. The van der Waals surface area contributed by atoms with E-state index in [0.717, 1.165) is 24.9 Å². The number of carbonyl (C=O) groups excluding carboxylic acids is 1. The second-order valence-corrected chi connectivity index (χ2v) is 5.60. The second kappa shape index (κ2) is 7.29. The number of hydrogen-bond donors (Lipinski definition) is 2. The van der Waals surface area contributed by atoms with Crippen molar-refractivity contribution in [3.05, 3.63) is 29.8 Å². The molecule has 1 aliphatic rings. The fourth-order valence-corrected chi connectivity index (χ4v) is 2.70. The Balaban J connectivity index is 1.68. The van der Waals surface area contributed by atoms with E-state index in [1.807, 2.05) is 12.1 Å². The van der Waals surface area contributed by atoms with E-state index in [1.54, 1.807) is 12.1 Å². The summed E-state index contributed by atoms with van der Waals surface area (Å²) in [5.74, 6) is 0.417. The van der Waals surface area contributed by atoms with Gasteiger partial charge in [0.25, 0.3) is 0 Å². The summed E-state index contributed by atoms with van der Waals surface area (Å²) in [6.07, 6.45) is 5.01. The molecule has 0 unspecified atom stereocenters. The Hall–Kier alpha value is -1.55. The zero-order chi connectivity index (χ0) is 14.4. The molecule has 1 saturated heterocycles. The largest absolute Gasteiger partial charge is 0.508 e. The molecule has 1 aliphatic heterocycles. The summed E-state index contributed by atoms with van der Waals surface area (Å²) in [5, 5.41) is 12.2. The van der Waals surface area contributed by atoms with Crippen LogP contribution in [0.2, 0.25) is 0 Å². The molecule has 1 aromatic carbocycles. The van der Waals surface area contributed by atoms with Gasteiger partial charge in [-0.2, -0.15) is 0 Å². The second-order valence-electron chi connectivity index (χ2n) is 5.60. The first kappa shape index (κ1) is 14.9. The lowest BCUT2D eigenvalue weighted by Crippen LogP contribution is -2.40. The first-order valence-corrected chi connectivity index (χ1v) is 7.40. The number of nitrogens with zero attached hydrogens (tertiary/aromatic N) is 1. The van der Waals surface area contributed by atoms with Crippen LogP contribution in [0.5, 0.6) is 5.75 Å². The monoisotopic (exact) mass is 276 g/mol. The highest BCUT2D eigenvalue weighted by atomic mass is 16.3. The predicted molar refractivity (Wildman–Crippen MR) is 79.7 cm³/mol. The van der Waals surface area contributed by atoms with E-state index >= 15 is 0 Å². The van der Waals surface area contributed by atoms with Crippen LogP contribution >= 0.6 is 0 Å². The van der Waals surface area contributed by atoms with E-state index in [1.165, 1.54) is 12.8 Å². The summed E-state index contributed by atoms with van der Waals surface area (Å²) >= 11 is 0. The number of amides is 1. The van der Waals surface area contributed by atoms with Crippen LogP contribution in [0.3, 0.4) is 0 Å². The lowest BCUT2D eigenvalue weighted by molar-refractivity contribution is -0.122. The van der Waals surface area contributed by atoms with Crippen LogP contribution in [-0.4, -0.2) is 42.1 Å². The maximum atomic E-state index is 11.9. The van der Waals surface area contributed by atoms with E-state index in [0.29, 0.717) is 19.0 Å². The molecule has 2 rings (SSSR count). The van der Waals surface area contributed by atoms with Gasteiger partial charge < -0.3 is 15.3 Å². The highest BCUT2D eigenvalue weighted by Gasteiger charge is 2.21. The first-order valence-electron chi connectivity index (χ1n) is 7.40. The maximum Gasteiger partial charge on any atom is 0.221 e. The molecule has 0 radical (unpaired) electrons. The molecule has 1 heterocycles. The maximum absolute atomic E-state index is 11.9. The first-order chi connectivity index (χ1) is 9.65. The normalized spacial score (nSPS) is 19.8. The summed E-state index contributed by atoms with van der Waals surface area (Å²) in [7, 11) is 2.10. The summed E-state index contributed by atoms with van der Waals surface area (Å²) in [4.78, 5) is 14.2. The molecular formula is C16H24N2O2. The minimum Gasteiger partial charge on any atom is -0.508 e. The average Bonchev–Trinajstić information content (AvgIpc) is 2.44. The molecule has 4 nitrogen and oxygen atoms in total. The van der Waals surface area contributed by atoms with Crippen LogP contribution in [0.1, 0.15) is 31.2 Å². The molecular weight excluding hydrogens is 252 g/mol. The van der Waals surface area contributed by atoms with Crippen molar-refractivity contribution in [1.82, 2.24) is 10.2 Å². The molecule has 2 N–H and O–H groups in total. The quantitative estimate of drug-likeness (QED) is 0.864. The number of phenols is 1. The van der Waals surface area contributed by atoms with E-state index < -0.39 is 0 Å². The zero-order valence-electron chi connectivity index (χ0n) is 12.1. The van der Waals surface area contributed by atoms with Gasteiger partial charge in [-0.3, -0.25) is 4.79 Å². The number of rotatable bonds is 5. The zero-order valence-corrected chi connectivity index (χ0v) is 12.1. The van der Waals surface area contributed by atoms with Gasteiger partial charge in [-0.15, -0.1) is 0 Å². The van der Waals surface area contributed by atoms with Crippen LogP contribution in [0, 0.1) is 0 Å². The van der Waals surface area contributed by atoms with Crippen molar-refractivity contribution in [2.24, 2.45) is 0 Å². The third-order valence-corrected chi connectivity index (χ3v) is 4.01. The van der Waals surface area contributed by atoms with Crippen molar-refractivity contribution in [3.8, 4) is 5.75 Å². The molecule has 1 fully saturated rings. The molecule has 110 valence electrons. The Kier molecular flexibility index (Phi) is 5.41. The number of nitrogens with one attached hydrogen (secondary N) is 1. The van der Waals surface area contributed by atoms with Gasteiger partial charge in [0, 0.05) is 19.0 Å². The molecule has 1 atom stereocenters. The molecule has 0 aliphatic carbocycles. The van der Waals surface area contributed by atoms with Gasteiger partial charge in [0.15, 0.2) is 0 Å². The Morgan fingerprint density at radius 3 is 2.80 bits per heavy atom. The smallest absolute Gasteiger partial charge is 0.221 e. The summed E-state index contributed by atoms with van der Waals surface area (Å²) < 4.78 is 0. The van der Waals surface area contributed by atoms with Crippen LogP contribution in [-0.2, 0) is 11.2 Å². The molecule has 0 spiro atoms. The molecule has 1 aromatic rings. The average molecular weight is 276 g/mol. The third kappa shape index (κ3) is 4.53. The minimum absolute atomic E-state index is 0.141. The van der Waals surface area contributed by atoms with Crippen molar-refractivity contribution >= 4 is 5.91 Å². The summed E-state index contributed by atoms with van der Waals surface area (Å²) in [5.41, 5.74) is 1.12. The van der Waals surface area contributed by atoms with Crippen molar-refractivity contribution in [1.29, 1.82) is 0 Å². The number of aromatic hydroxyl groups is 1. The van der Waals surface area contributed by atoms with Gasteiger partial charge in [-0.05, 0) is 50.6 Å². The number of likely N-dealkylation sites (tertiary alicyclic amines) is 1. The highest BCUT2D eigenvalue weighted by molar-refractivity contribution is 5.76. The fourth-order valence-electron chi connectivity index (χ4n) is 2.70. The number of benzene rings is 1. The number of piperidine rings is 1. The van der Waals surface area contributed by atoms with Gasteiger partial charge >= 0.3 is 0 Å². The van der Waals surface area contributed by atoms with Crippen LogP contribution in [0.15, 0.2) is 24.3 Å². The molecule has 20 heavy (non-hydrogen) atoms. The molecule has 0 aromatic heterocycles. The van der Waals surface area contributed by atoms with E-state index in [2.05, 4.69) is 17.3 Å². The van der Waals surface area contributed by atoms with Gasteiger partial charge in [0.2, 0.25) is 5.91 Å². The van der Waals surface area contributed by atoms with Gasteiger partial charge in [0.1, 0.15) is 5.75 Å². The molecule has 1 amide bonds. The van der Waals surface area contributed by atoms with Crippen LogP contribution in [0.4, 0.5) is 0 Å². The topological polar surface area (TPSA) is 52.6 Å². The van der Waals surface area contributed by atoms with Crippen LogP contribution in [0.25, 0.3) is 0 Å². The van der Waals surface area contributed by atoms with Crippen LogP contribution < -0.4 is 5.32 Å². The Bertz CT molecular complexity index is 431. The summed E-state index contributed by atoms with van der Waals surface area (Å²) in [6.45, 7) is 1.76. The van der Waals surface area contributed by atoms with Gasteiger partial charge in [-0.25, -0.2) is 0 Å². The molecule has 0 saturated carbocycles. The number of hydrogen-bond acceptors (Lipinski definition) is 3. The number of phenolic OH excluding ortho intramolecular Hbond substituents is 1. The predicted octanol–water partition coefficient (Wildman–Crippen LogP) is 1.93. The SMILES string of the molecule is CN1CCCC[C@@H]1CC(=O)NCCc1ccc(O)cc1. The number of carbonyl (C=O) groups is 1. The van der Waals surface area contributed by atoms with E-state index in [9.17, 15) is 9.90 Å². The summed E-state index contributed by atoms with van der Waals surface area (Å²) in [6, 6.07) is 7.52. The Labute approximate surface area is 120 Å². The van der Waals surface area contributed by atoms with E-state index in [4.69, 9.17) is 0 Å². The van der Waals surface area contributed by atoms with Gasteiger partial charge in [0.05, 0.1) is 0 Å². The van der Waals surface area contributed by atoms with Crippen molar-refractivity contribution in [2.45, 2.75) is 38.1 Å². The third-order valence-electron chi connectivity index (χ3n) is 4.01. The van der Waals surface area contributed by atoms with Crippen molar-refractivity contribution in [2.75, 3.05) is 20.1 Å². The van der Waals surface area contributed by atoms with E-state index in [-0.39, 0.29) is 11.7 Å². The lowest BCUT2D eigenvalue weighted by atomic mass is 10.00. The van der Waals surface area contributed by atoms with Gasteiger partial charge in [-0.1, -0.05) is 18.6 Å². The minimum atomic E-state index is 0.141. The Morgan fingerprint density at radius 2 is 2.10 bits per heavy atom. The molecule has 0 bridgehead atoms. The van der Waals surface area contributed by atoms with Crippen molar-refractivity contribution < 1.29 is 9.90 Å². The fraction of sp³-hybridized carbons (Fsp3) is 0.562. The standard InChI is InChI=1S/C16H24N2O2/c1-18-11-3-2-4-14(18)12-16(20)17-10-9-13-5-7-15(19)8-6-13/h5-8,14,19H,2-4,9-12H2,1H3,(H,17,20)/t14-/m1/s1. The highest BCUT2D eigenvalue weighted by Crippen LogP contribution is 2.17. The van der Waals surface area contributed by atoms with Crippen molar-refractivity contribution in [3.63, 3.8) is 0 Å². The Morgan fingerprint density at radius 1 is 1.35 bits per heavy atom. The molecule has 4 heteroatoms.